The van der Waals surface area contributed by atoms with Crippen molar-refractivity contribution in [2.75, 3.05) is 16.8 Å². The molecule has 0 rings (SSSR count). The molecule has 4 heteroatoms. The van der Waals surface area contributed by atoms with Gasteiger partial charge in [0.05, 0.1) is 11.5 Å². The van der Waals surface area contributed by atoms with Crippen LogP contribution in [-0.4, -0.2) is 25.3 Å². The third kappa shape index (κ3) is 9.36. The van der Waals surface area contributed by atoms with Crippen molar-refractivity contribution in [3.8, 4) is 0 Å². The molecule has 1 atom stereocenters. The zero-order valence-corrected chi connectivity index (χ0v) is 12.2. The van der Waals surface area contributed by atoms with Crippen LogP contribution in [0.2, 0.25) is 0 Å². The topological polar surface area (TPSA) is 34.1 Å². The minimum absolute atomic E-state index is 0.366. The molecule has 0 heterocycles. The van der Waals surface area contributed by atoms with Gasteiger partial charge in [-0.05, 0) is 25.2 Å². The van der Waals surface area contributed by atoms with Crippen LogP contribution < -0.4 is 0 Å². The predicted octanol–water partition coefficient (Wildman–Crippen LogP) is 3.40. The van der Waals surface area contributed by atoms with Crippen LogP contribution in [-0.2, 0) is 9.84 Å². The molecule has 0 aliphatic rings. The van der Waals surface area contributed by atoms with Crippen LogP contribution in [0.5, 0.6) is 0 Å². The van der Waals surface area contributed by atoms with Crippen LogP contribution in [0.3, 0.4) is 0 Å². The highest BCUT2D eigenvalue weighted by atomic mass is 79.9. The summed E-state index contributed by atoms with van der Waals surface area (Å²) in [5.74, 6) is 1.25. The summed E-state index contributed by atoms with van der Waals surface area (Å²) in [6.45, 7) is 4.20. The Morgan fingerprint density at radius 1 is 1.13 bits per heavy atom. The van der Waals surface area contributed by atoms with Crippen molar-refractivity contribution in [3.63, 3.8) is 0 Å². The zero-order valence-electron chi connectivity index (χ0n) is 9.84. The smallest absolute Gasteiger partial charge is 0.150 e. The average Bonchev–Trinajstić information content (AvgIpc) is 2.16. The van der Waals surface area contributed by atoms with Crippen molar-refractivity contribution in [1.29, 1.82) is 0 Å². The molecule has 0 saturated carbocycles. The number of unbranched alkanes of at least 4 members (excludes halogenated alkanes) is 2. The van der Waals surface area contributed by atoms with E-state index in [9.17, 15) is 8.42 Å². The van der Waals surface area contributed by atoms with E-state index in [0.29, 0.717) is 17.4 Å². The van der Waals surface area contributed by atoms with E-state index in [4.69, 9.17) is 0 Å². The molecule has 0 aromatic heterocycles. The monoisotopic (exact) mass is 298 g/mol. The van der Waals surface area contributed by atoms with Crippen LogP contribution in [0, 0.1) is 5.92 Å². The largest absolute Gasteiger partial charge is 0.229 e. The van der Waals surface area contributed by atoms with E-state index < -0.39 is 9.84 Å². The highest BCUT2D eigenvalue weighted by Gasteiger charge is 2.12. The number of hydrogen-bond donors (Lipinski definition) is 0. The lowest BCUT2D eigenvalue weighted by Crippen LogP contribution is -2.13. The zero-order chi connectivity index (χ0) is 11.7. The number of rotatable bonds is 9. The third-order valence-electron chi connectivity index (χ3n) is 2.58. The maximum absolute atomic E-state index is 11.6. The second kappa shape index (κ2) is 8.57. The molecule has 2 nitrogen and oxygen atoms in total. The van der Waals surface area contributed by atoms with Crippen molar-refractivity contribution in [3.05, 3.63) is 0 Å². The van der Waals surface area contributed by atoms with Gasteiger partial charge in [-0.1, -0.05) is 42.6 Å². The molecule has 1 unspecified atom stereocenters. The van der Waals surface area contributed by atoms with E-state index in [0.717, 1.165) is 37.4 Å². The van der Waals surface area contributed by atoms with Crippen molar-refractivity contribution in [2.45, 2.75) is 46.0 Å². The van der Waals surface area contributed by atoms with Gasteiger partial charge in [0.2, 0.25) is 0 Å². The fraction of sp³-hybridized carbons (Fsp3) is 1.00. The van der Waals surface area contributed by atoms with Crippen molar-refractivity contribution in [2.24, 2.45) is 5.92 Å². The second-order valence-electron chi connectivity index (χ2n) is 4.23. The van der Waals surface area contributed by atoms with Gasteiger partial charge < -0.3 is 0 Å². The number of alkyl halides is 1. The molecular weight excluding hydrogens is 276 g/mol. The number of sulfone groups is 1. The molecule has 0 bridgehead atoms. The summed E-state index contributed by atoms with van der Waals surface area (Å²) in [4.78, 5) is 0. The molecule has 0 fully saturated rings. The van der Waals surface area contributed by atoms with Gasteiger partial charge in [-0.3, -0.25) is 0 Å². The summed E-state index contributed by atoms with van der Waals surface area (Å²) in [6, 6.07) is 0. The fourth-order valence-electron chi connectivity index (χ4n) is 1.39. The maximum Gasteiger partial charge on any atom is 0.150 e. The maximum atomic E-state index is 11.6. The standard InChI is InChI=1S/C11H23BrO2S/c1-3-4-5-9-15(13,14)10-7-11(2)6-8-12/h11H,3-10H2,1-2H3. The molecule has 0 aliphatic heterocycles. The molecule has 0 aromatic carbocycles. The van der Waals surface area contributed by atoms with E-state index in [1.165, 1.54) is 0 Å². The SMILES string of the molecule is CCCCCS(=O)(=O)CCC(C)CCBr. The Bertz CT molecular complexity index is 237. The molecule has 0 saturated heterocycles. The average molecular weight is 299 g/mol. The van der Waals surface area contributed by atoms with E-state index in [-0.39, 0.29) is 0 Å². The lowest BCUT2D eigenvalue weighted by molar-refractivity contribution is 0.535. The fourth-order valence-corrected chi connectivity index (χ4v) is 3.78. The van der Waals surface area contributed by atoms with Crippen LogP contribution in [0.15, 0.2) is 0 Å². The third-order valence-corrected chi connectivity index (χ3v) is 4.81. The highest BCUT2D eigenvalue weighted by molar-refractivity contribution is 9.09. The minimum atomic E-state index is -2.78. The normalized spacial score (nSPS) is 14.1. The summed E-state index contributed by atoms with van der Waals surface area (Å²) in [5.41, 5.74) is 0. The number of hydrogen-bond acceptors (Lipinski definition) is 2. The lowest BCUT2D eigenvalue weighted by Gasteiger charge is -2.09. The quantitative estimate of drug-likeness (QED) is 0.483. The van der Waals surface area contributed by atoms with Gasteiger partial charge in [0.15, 0.2) is 0 Å². The van der Waals surface area contributed by atoms with Crippen molar-refractivity contribution in [1.82, 2.24) is 0 Å². The molecule has 0 N–H and O–H groups in total. The molecule has 15 heavy (non-hydrogen) atoms. The Labute approximate surface area is 103 Å². The molecule has 0 spiro atoms. The van der Waals surface area contributed by atoms with Gasteiger partial charge in [0.1, 0.15) is 9.84 Å². The van der Waals surface area contributed by atoms with Gasteiger partial charge in [-0.25, -0.2) is 8.42 Å². The number of halogens is 1. The van der Waals surface area contributed by atoms with Crippen LogP contribution in [0.4, 0.5) is 0 Å². The molecule has 0 amide bonds. The Kier molecular flexibility index (Phi) is 8.81. The van der Waals surface area contributed by atoms with Crippen molar-refractivity contribution >= 4 is 25.8 Å². The lowest BCUT2D eigenvalue weighted by atomic mass is 10.1. The first-order valence-corrected chi connectivity index (χ1v) is 8.72. The highest BCUT2D eigenvalue weighted by Crippen LogP contribution is 2.11. The predicted molar refractivity (Wildman–Crippen MR) is 70.4 cm³/mol. The molecular formula is C11H23BrO2S. The Morgan fingerprint density at radius 3 is 2.33 bits per heavy atom. The van der Waals surface area contributed by atoms with Crippen LogP contribution >= 0.6 is 15.9 Å². The minimum Gasteiger partial charge on any atom is -0.229 e. The Morgan fingerprint density at radius 2 is 1.80 bits per heavy atom. The first kappa shape index (κ1) is 15.4. The molecule has 0 aliphatic carbocycles. The van der Waals surface area contributed by atoms with E-state index >= 15 is 0 Å². The summed E-state index contributed by atoms with van der Waals surface area (Å²) >= 11 is 3.37. The van der Waals surface area contributed by atoms with E-state index in [1.807, 2.05) is 0 Å². The summed E-state index contributed by atoms with van der Waals surface area (Å²) in [6.07, 6.45) is 4.79. The first-order chi connectivity index (χ1) is 7.02. The molecule has 0 radical (unpaired) electrons. The molecule has 92 valence electrons. The Hall–Kier alpha value is 0.430. The summed E-state index contributed by atoms with van der Waals surface area (Å²) in [7, 11) is -2.78. The van der Waals surface area contributed by atoms with Gasteiger partial charge in [-0.2, -0.15) is 0 Å². The second-order valence-corrected chi connectivity index (χ2v) is 7.33. The van der Waals surface area contributed by atoms with Gasteiger partial charge in [0.25, 0.3) is 0 Å². The van der Waals surface area contributed by atoms with E-state index in [2.05, 4.69) is 29.8 Å². The van der Waals surface area contributed by atoms with Gasteiger partial charge in [0, 0.05) is 5.33 Å². The summed E-state index contributed by atoms with van der Waals surface area (Å²) in [5, 5.41) is 0.962. The van der Waals surface area contributed by atoms with Crippen LogP contribution in [0.1, 0.15) is 46.0 Å². The van der Waals surface area contributed by atoms with Crippen molar-refractivity contribution < 1.29 is 8.42 Å². The summed E-state index contributed by atoms with van der Waals surface area (Å²) < 4.78 is 23.2. The first-order valence-electron chi connectivity index (χ1n) is 5.78. The van der Waals surface area contributed by atoms with Gasteiger partial charge in [-0.15, -0.1) is 0 Å². The van der Waals surface area contributed by atoms with Crippen LogP contribution in [0.25, 0.3) is 0 Å². The van der Waals surface area contributed by atoms with E-state index in [1.54, 1.807) is 0 Å². The molecule has 0 aromatic rings. The Balaban J connectivity index is 3.73. The van der Waals surface area contributed by atoms with Gasteiger partial charge >= 0.3 is 0 Å².